The zero-order valence-electron chi connectivity index (χ0n) is 18.9. The molecule has 0 atom stereocenters. The normalized spacial score (nSPS) is 27.1. The van der Waals surface area contributed by atoms with Crippen molar-refractivity contribution < 1.29 is 18.3 Å². The highest BCUT2D eigenvalue weighted by Gasteiger charge is 2.31. The first-order chi connectivity index (χ1) is 14.6. The van der Waals surface area contributed by atoms with Gasteiger partial charge < -0.3 is 9.47 Å². The Hall–Kier alpha value is -1.32. The van der Waals surface area contributed by atoms with Crippen LogP contribution in [0.15, 0.2) is 12.1 Å². The number of benzene rings is 1. The second kappa shape index (κ2) is 11.9. The van der Waals surface area contributed by atoms with Gasteiger partial charge in [0.05, 0.1) is 13.2 Å². The van der Waals surface area contributed by atoms with Gasteiger partial charge in [-0.25, -0.2) is 0 Å². The number of hydrogen-bond donors (Lipinski definition) is 0. The van der Waals surface area contributed by atoms with Crippen LogP contribution in [0.3, 0.4) is 0 Å². The minimum absolute atomic E-state index is 0.000489. The van der Waals surface area contributed by atoms with Gasteiger partial charge in [-0.05, 0) is 81.3 Å². The lowest BCUT2D eigenvalue weighted by Gasteiger charge is -2.38. The van der Waals surface area contributed by atoms with Crippen LogP contribution in [0.4, 0.5) is 8.78 Å². The molecule has 3 rings (SSSR count). The number of ether oxygens (including phenoxy) is 2. The SMILES string of the molecule is CCCCCC1CCC(C2CCC(COc3ccc(OCC)c(F)c3F)CC2)CC1. The van der Waals surface area contributed by atoms with Gasteiger partial charge in [-0.1, -0.05) is 45.4 Å². The predicted molar refractivity (Wildman–Crippen MR) is 118 cm³/mol. The lowest BCUT2D eigenvalue weighted by molar-refractivity contribution is 0.120. The van der Waals surface area contributed by atoms with Gasteiger partial charge in [-0.15, -0.1) is 0 Å². The van der Waals surface area contributed by atoms with E-state index in [1.807, 2.05) is 0 Å². The molecule has 0 aromatic heterocycles. The maximum atomic E-state index is 14.2. The van der Waals surface area contributed by atoms with Gasteiger partial charge in [0.25, 0.3) is 0 Å². The fraction of sp³-hybridized carbons (Fsp3) is 0.769. The number of halogens is 2. The van der Waals surface area contributed by atoms with Crippen molar-refractivity contribution in [1.82, 2.24) is 0 Å². The molecule has 2 aliphatic carbocycles. The molecule has 2 aliphatic rings. The molecule has 0 radical (unpaired) electrons. The van der Waals surface area contributed by atoms with Crippen molar-refractivity contribution in [2.45, 2.75) is 90.9 Å². The maximum absolute atomic E-state index is 14.2. The highest BCUT2D eigenvalue weighted by Crippen LogP contribution is 2.42. The molecule has 30 heavy (non-hydrogen) atoms. The average molecular weight is 423 g/mol. The summed E-state index contributed by atoms with van der Waals surface area (Å²) in [7, 11) is 0. The second-order valence-corrected chi connectivity index (χ2v) is 9.49. The minimum atomic E-state index is -0.955. The van der Waals surface area contributed by atoms with Gasteiger partial charge in [0, 0.05) is 0 Å². The van der Waals surface area contributed by atoms with E-state index in [1.54, 1.807) is 6.92 Å². The Morgan fingerprint density at radius 3 is 1.80 bits per heavy atom. The molecule has 2 saturated carbocycles. The summed E-state index contributed by atoms with van der Waals surface area (Å²) in [5, 5.41) is 0. The summed E-state index contributed by atoms with van der Waals surface area (Å²) in [6.07, 6.45) is 16.1. The van der Waals surface area contributed by atoms with Crippen LogP contribution in [-0.4, -0.2) is 13.2 Å². The molecule has 0 bridgehead atoms. The third-order valence-electron chi connectivity index (χ3n) is 7.45. The topological polar surface area (TPSA) is 18.5 Å². The van der Waals surface area contributed by atoms with Crippen LogP contribution in [0.5, 0.6) is 11.5 Å². The van der Waals surface area contributed by atoms with E-state index < -0.39 is 11.6 Å². The van der Waals surface area contributed by atoms with Gasteiger partial charge in [-0.3, -0.25) is 0 Å². The molecule has 1 aromatic rings. The molecule has 0 spiro atoms. The Balaban J connectivity index is 1.38. The molecule has 0 amide bonds. The highest BCUT2D eigenvalue weighted by atomic mass is 19.2. The zero-order chi connectivity index (χ0) is 21.3. The van der Waals surface area contributed by atoms with Crippen molar-refractivity contribution in [3.05, 3.63) is 23.8 Å². The summed E-state index contributed by atoms with van der Waals surface area (Å²) in [6, 6.07) is 2.93. The quantitative estimate of drug-likeness (QED) is 0.356. The van der Waals surface area contributed by atoms with Crippen molar-refractivity contribution >= 4 is 0 Å². The Labute approximate surface area is 181 Å². The van der Waals surface area contributed by atoms with E-state index >= 15 is 0 Å². The van der Waals surface area contributed by atoms with E-state index in [2.05, 4.69) is 6.92 Å². The van der Waals surface area contributed by atoms with Crippen molar-refractivity contribution in [3.8, 4) is 11.5 Å². The summed E-state index contributed by atoms with van der Waals surface area (Å²) >= 11 is 0. The first kappa shape index (κ1) is 23.3. The van der Waals surface area contributed by atoms with E-state index in [-0.39, 0.29) is 11.5 Å². The summed E-state index contributed by atoms with van der Waals surface area (Å²) in [5.41, 5.74) is 0. The van der Waals surface area contributed by atoms with Crippen molar-refractivity contribution in [1.29, 1.82) is 0 Å². The van der Waals surface area contributed by atoms with Gasteiger partial charge in [0.15, 0.2) is 11.5 Å². The van der Waals surface area contributed by atoms with Crippen LogP contribution in [0, 0.1) is 35.3 Å². The average Bonchev–Trinajstić information content (AvgIpc) is 2.78. The van der Waals surface area contributed by atoms with E-state index in [0.29, 0.717) is 19.1 Å². The maximum Gasteiger partial charge on any atom is 0.204 e. The fourth-order valence-corrected chi connectivity index (χ4v) is 5.56. The molecule has 0 saturated heterocycles. The van der Waals surface area contributed by atoms with Gasteiger partial charge in [0.1, 0.15) is 0 Å². The molecule has 170 valence electrons. The van der Waals surface area contributed by atoms with Crippen LogP contribution in [0.1, 0.15) is 90.9 Å². The fourth-order valence-electron chi connectivity index (χ4n) is 5.56. The van der Waals surface area contributed by atoms with Crippen molar-refractivity contribution in [2.75, 3.05) is 13.2 Å². The Kier molecular flexibility index (Phi) is 9.27. The van der Waals surface area contributed by atoms with Crippen molar-refractivity contribution in [3.63, 3.8) is 0 Å². The predicted octanol–water partition coefficient (Wildman–Crippen LogP) is 7.94. The van der Waals surface area contributed by atoms with Crippen molar-refractivity contribution in [2.24, 2.45) is 23.7 Å². The standard InChI is InChI=1S/C26H40F2O2/c1-3-5-6-7-19-8-12-21(13-9-19)22-14-10-20(11-15-22)18-30-24-17-16-23(29-4-2)25(27)26(24)28/h16-17,19-22H,3-15,18H2,1-2H3. The second-order valence-electron chi connectivity index (χ2n) is 9.49. The lowest BCUT2D eigenvalue weighted by Crippen LogP contribution is -2.27. The van der Waals surface area contributed by atoms with Gasteiger partial charge >= 0.3 is 0 Å². The third-order valence-corrected chi connectivity index (χ3v) is 7.45. The molecular formula is C26H40F2O2. The molecule has 2 nitrogen and oxygen atoms in total. The summed E-state index contributed by atoms with van der Waals surface area (Å²) in [5.74, 6) is 1.24. The number of hydrogen-bond acceptors (Lipinski definition) is 2. The Morgan fingerprint density at radius 2 is 1.27 bits per heavy atom. The molecule has 1 aromatic carbocycles. The van der Waals surface area contributed by atoms with E-state index in [4.69, 9.17) is 9.47 Å². The molecule has 0 aliphatic heterocycles. The van der Waals surface area contributed by atoms with E-state index in [9.17, 15) is 8.78 Å². The highest BCUT2D eigenvalue weighted by molar-refractivity contribution is 5.35. The Bertz CT molecular complexity index is 632. The van der Waals surface area contributed by atoms with Crippen LogP contribution in [-0.2, 0) is 0 Å². The van der Waals surface area contributed by atoms with E-state index in [1.165, 1.54) is 76.3 Å². The summed E-state index contributed by atoms with van der Waals surface area (Å²) in [6.45, 7) is 4.81. The van der Waals surface area contributed by atoms with Gasteiger partial charge in [0.2, 0.25) is 11.6 Å². The monoisotopic (exact) mass is 422 g/mol. The number of unbranched alkanes of at least 4 members (excludes halogenated alkanes) is 2. The molecule has 0 unspecified atom stereocenters. The zero-order valence-corrected chi connectivity index (χ0v) is 18.9. The third kappa shape index (κ3) is 6.34. The van der Waals surface area contributed by atoms with Crippen LogP contribution >= 0.6 is 0 Å². The first-order valence-corrected chi connectivity index (χ1v) is 12.4. The van der Waals surface area contributed by atoms with Crippen LogP contribution in [0.25, 0.3) is 0 Å². The number of rotatable bonds is 10. The van der Waals surface area contributed by atoms with Crippen LogP contribution < -0.4 is 9.47 Å². The molecule has 4 heteroatoms. The minimum Gasteiger partial charge on any atom is -0.491 e. The Morgan fingerprint density at radius 1 is 0.733 bits per heavy atom. The largest absolute Gasteiger partial charge is 0.491 e. The summed E-state index contributed by atoms with van der Waals surface area (Å²) < 4.78 is 39.0. The van der Waals surface area contributed by atoms with Crippen LogP contribution in [0.2, 0.25) is 0 Å². The first-order valence-electron chi connectivity index (χ1n) is 12.4. The molecule has 0 N–H and O–H groups in total. The molecular weight excluding hydrogens is 382 g/mol. The van der Waals surface area contributed by atoms with Gasteiger partial charge in [-0.2, -0.15) is 8.78 Å². The lowest BCUT2D eigenvalue weighted by atomic mass is 9.69. The smallest absolute Gasteiger partial charge is 0.204 e. The van der Waals surface area contributed by atoms with E-state index in [0.717, 1.165) is 30.6 Å². The molecule has 0 heterocycles. The molecule has 2 fully saturated rings. The summed E-state index contributed by atoms with van der Waals surface area (Å²) in [4.78, 5) is 0.